The standard InChI is InChI=1S/C8H13F3N2O4/c1-13(4-8(9,10)11)7(17)12-5(2-3-14)6(15)16/h5,14H,2-4H2,1H3,(H,12,17)(H,15,16)/t5-/m1/s1. The Hall–Kier alpha value is -1.51. The molecule has 0 saturated heterocycles. The van der Waals surface area contributed by atoms with Gasteiger partial charge in [0.1, 0.15) is 12.6 Å². The van der Waals surface area contributed by atoms with E-state index in [9.17, 15) is 22.8 Å². The lowest BCUT2D eigenvalue weighted by molar-refractivity contribution is -0.140. The molecule has 0 saturated carbocycles. The minimum absolute atomic E-state index is 0.277. The number of urea groups is 1. The number of hydrogen-bond donors (Lipinski definition) is 3. The highest BCUT2D eigenvalue weighted by Gasteiger charge is 2.32. The van der Waals surface area contributed by atoms with E-state index < -0.39 is 37.4 Å². The highest BCUT2D eigenvalue weighted by atomic mass is 19.4. The molecule has 0 aromatic heterocycles. The minimum atomic E-state index is -4.55. The Morgan fingerprint density at radius 2 is 1.94 bits per heavy atom. The zero-order valence-electron chi connectivity index (χ0n) is 8.99. The first-order valence-corrected chi connectivity index (χ1v) is 4.59. The number of aliphatic hydroxyl groups excluding tert-OH is 1. The number of nitrogens with zero attached hydrogens (tertiary/aromatic N) is 1. The van der Waals surface area contributed by atoms with Crippen LogP contribution in [0, 0.1) is 0 Å². The molecule has 0 aromatic carbocycles. The minimum Gasteiger partial charge on any atom is -0.480 e. The normalized spacial score (nSPS) is 13.0. The van der Waals surface area contributed by atoms with Crippen molar-refractivity contribution < 1.29 is 33.0 Å². The second-order valence-electron chi connectivity index (χ2n) is 3.32. The molecular weight excluding hydrogens is 245 g/mol. The van der Waals surface area contributed by atoms with Crippen molar-refractivity contribution in [3.05, 3.63) is 0 Å². The average molecular weight is 258 g/mol. The summed E-state index contributed by atoms with van der Waals surface area (Å²) in [6, 6.07) is -2.58. The van der Waals surface area contributed by atoms with Crippen molar-refractivity contribution in [1.29, 1.82) is 0 Å². The first kappa shape index (κ1) is 15.5. The summed E-state index contributed by atoms with van der Waals surface area (Å²) in [5.41, 5.74) is 0. The van der Waals surface area contributed by atoms with Gasteiger partial charge < -0.3 is 20.4 Å². The summed E-state index contributed by atoms with van der Waals surface area (Å²) in [6.07, 6.45) is -4.83. The van der Waals surface area contributed by atoms with Crippen molar-refractivity contribution in [2.24, 2.45) is 0 Å². The zero-order chi connectivity index (χ0) is 13.6. The van der Waals surface area contributed by atoms with Gasteiger partial charge in [0, 0.05) is 20.1 Å². The number of aliphatic hydroxyl groups is 1. The third kappa shape index (κ3) is 6.61. The van der Waals surface area contributed by atoms with E-state index in [1.165, 1.54) is 0 Å². The van der Waals surface area contributed by atoms with Crippen LogP contribution >= 0.6 is 0 Å². The number of hydrogen-bond acceptors (Lipinski definition) is 3. The Balaban J connectivity index is 4.35. The number of carboxylic acids is 1. The molecule has 17 heavy (non-hydrogen) atoms. The third-order valence-electron chi connectivity index (χ3n) is 1.78. The number of nitrogens with one attached hydrogen (secondary N) is 1. The van der Waals surface area contributed by atoms with Crippen molar-refractivity contribution >= 4 is 12.0 Å². The fourth-order valence-electron chi connectivity index (χ4n) is 0.986. The van der Waals surface area contributed by atoms with Crippen LogP contribution in [0.1, 0.15) is 6.42 Å². The molecule has 2 amide bonds. The van der Waals surface area contributed by atoms with E-state index >= 15 is 0 Å². The Labute approximate surface area is 95.0 Å². The Morgan fingerprint density at radius 3 is 2.29 bits per heavy atom. The van der Waals surface area contributed by atoms with Crippen molar-refractivity contribution in [3.8, 4) is 0 Å². The van der Waals surface area contributed by atoms with Gasteiger partial charge in [0.05, 0.1) is 0 Å². The van der Waals surface area contributed by atoms with E-state index in [0.717, 1.165) is 7.05 Å². The average Bonchev–Trinajstić information content (AvgIpc) is 2.13. The van der Waals surface area contributed by atoms with Gasteiger partial charge >= 0.3 is 18.2 Å². The van der Waals surface area contributed by atoms with Crippen molar-refractivity contribution in [3.63, 3.8) is 0 Å². The van der Waals surface area contributed by atoms with E-state index in [4.69, 9.17) is 10.2 Å². The second kappa shape index (κ2) is 6.28. The summed E-state index contributed by atoms with van der Waals surface area (Å²) < 4.78 is 35.8. The van der Waals surface area contributed by atoms with Gasteiger partial charge in [0.25, 0.3) is 0 Å². The van der Waals surface area contributed by atoms with Crippen molar-refractivity contribution in [2.45, 2.75) is 18.6 Å². The smallest absolute Gasteiger partial charge is 0.406 e. The van der Waals surface area contributed by atoms with Crippen LogP contribution in [0.25, 0.3) is 0 Å². The maximum absolute atomic E-state index is 11.9. The molecule has 0 spiro atoms. The van der Waals surface area contributed by atoms with Crippen LogP contribution in [0.15, 0.2) is 0 Å². The first-order valence-electron chi connectivity index (χ1n) is 4.59. The highest BCUT2D eigenvalue weighted by Crippen LogP contribution is 2.15. The Kier molecular flexibility index (Phi) is 5.72. The predicted molar refractivity (Wildman–Crippen MR) is 50.3 cm³/mol. The van der Waals surface area contributed by atoms with E-state index in [1.807, 2.05) is 5.32 Å². The van der Waals surface area contributed by atoms with E-state index in [0.29, 0.717) is 4.90 Å². The summed E-state index contributed by atoms with van der Waals surface area (Å²) in [7, 11) is 0.890. The monoisotopic (exact) mass is 258 g/mol. The molecule has 0 fully saturated rings. The van der Waals surface area contributed by atoms with Crippen LogP contribution < -0.4 is 5.32 Å². The fourth-order valence-corrected chi connectivity index (χ4v) is 0.986. The zero-order valence-corrected chi connectivity index (χ0v) is 8.99. The quantitative estimate of drug-likeness (QED) is 0.648. The van der Waals surface area contributed by atoms with E-state index in [2.05, 4.69) is 0 Å². The molecule has 0 bridgehead atoms. The van der Waals surface area contributed by atoms with Gasteiger partial charge in [0.2, 0.25) is 0 Å². The van der Waals surface area contributed by atoms with Crippen LogP contribution in [-0.2, 0) is 4.79 Å². The van der Waals surface area contributed by atoms with E-state index in [1.54, 1.807) is 0 Å². The Bertz CT molecular complexity index is 282. The van der Waals surface area contributed by atoms with Gasteiger partial charge in [-0.2, -0.15) is 13.2 Å². The molecule has 6 nitrogen and oxygen atoms in total. The van der Waals surface area contributed by atoms with Gasteiger partial charge in [-0.25, -0.2) is 9.59 Å². The summed E-state index contributed by atoms with van der Waals surface area (Å²) >= 11 is 0. The molecule has 0 aliphatic carbocycles. The molecule has 100 valence electrons. The summed E-state index contributed by atoms with van der Waals surface area (Å²) in [5, 5.41) is 19.0. The SMILES string of the molecule is CN(CC(F)(F)F)C(=O)N[C@H](CCO)C(=O)O. The van der Waals surface area contributed by atoms with Crippen LogP contribution in [0.5, 0.6) is 0 Å². The molecule has 0 aliphatic rings. The molecule has 9 heteroatoms. The van der Waals surface area contributed by atoms with Crippen molar-refractivity contribution in [2.75, 3.05) is 20.2 Å². The lowest BCUT2D eigenvalue weighted by Gasteiger charge is -2.21. The Morgan fingerprint density at radius 1 is 1.41 bits per heavy atom. The number of rotatable bonds is 5. The van der Waals surface area contributed by atoms with Crippen LogP contribution in [0.4, 0.5) is 18.0 Å². The number of aliphatic carboxylic acids is 1. The summed E-state index contributed by atoms with van der Waals surface area (Å²) in [4.78, 5) is 22.1. The number of carbonyl (C=O) groups is 2. The molecule has 0 heterocycles. The molecule has 0 aromatic rings. The topological polar surface area (TPSA) is 89.9 Å². The third-order valence-corrected chi connectivity index (χ3v) is 1.78. The van der Waals surface area contributed by atoms with Gasteiger partial charge in [-0.1, -0.05) is 0 Å². The summed E-state index contributed by atoms with van der Waals surface area (Å²) in [5.74, 6) is -1.42. The van der Waals surface area contributed by atoms with Gasteiger partial charge in [-0.3, -0.25) is 0 Å². The predicted octanol–water partition coefficient (Wildman–Crippen LogP) is 0.0257. The lowest BCUT2D eigenvalue weighted by atomic mass is 10.2. The fraction of sp³-hybridized carbons (Fsp3) is 0.750. The highest BCUT2D eigenvalue weighted by molar-refractivity contribution is 5.82. The number of carbonyl (C=O) groups excluding carboxylic acids is 1. The first-order chi connectivity index (χ1) is 7.67. The van der Waals surface area contributed by atoms with Crippen LogP contribution in [0.3, 0.4) is 0 Å². The van der Waals surface area contributed by atoms with Crippen LogP contribution in [0.2, 0.25) is 0 Å². The van der Waals surface area contributed by atoms with E-state index in [-0.39, 0.29) is 6.42 Å². The number of halogens is 3. The second-order valence-corrected chi connectivity index (χ2v) is 3.32. The number of carboxylic acid groups (broad SMARTS) is 1. The molecule has 0 unspecified atom stereocenters. The number of alkyl halides is 3. The molecule has 0 rings (SSSR count). The number of amides is 2. The van der Waals surface area contributed by atoms with Crippen LogP contribution in [-0.4, -0.2) is 59.5 Å². The molecule has 3 N–H and O–H groups in total. The largest absolute Gasteiger partial charge is 0.480 e. The van der Waals surface area contributed by atoms with Gasteiger partial charge in [0.15, 0.2) is 0 Å². The molecule has 0 radical (unpaired) electrons. The maximum Gasteiger partial charge on any atom is 0.406 e. The maximum atomic E-state index is 11.9. The molecular formula is C8H13F3N2O4. The van der Waals surface area contributed by atoms with Gasteiger partial charge in [-0.05, 0) is 0 Å². The molecule has 1 atom stereocenters. The summed E-state index contributed by atoms with van der Waals surface area (Å²) in [6.45, 7) is -1.98. The van der Waals surface area contributed by atoms with Crippen molar-refractivity contribution in [1.82, 2.24) is 10.2 Å². The molecule has 0 aliphatic heterocycles. The lowest BCUT2D eigenvalue weighted by Crippen LogP contribution is -2.49. The van der Waals surface area contributed by atoms with Gasteiger partial charge in [-0.15, -0.1) is 0 Å².